The van der Waals surface area contributed by atoms with Crippen molar-refractivity contribution in [3.05, 3.63) is 78.4 Å². The molecule has 0 unspecified atom stereocenters. The second kappa shape index (κ2) is 7.37. The number of pyridine rings is 1. The number of rotatable bonds is 5. The van der Waals surface area contributed by atoms with Crippen LogP contribution in [-0.4, -0.2) is 16.0 Å². The summed E-state index contributed by atoms with van der Waals surface area (Å²) in [6.07, 6.45) is 3.96. The van der Waals surface area contributed by atoms with Gasteiger partial charge in [0.1, 0.15) is 5.82 Å². The molecule has 0 saturated carbocycles. The molecule has 1 amide bonds. The predicted molar refractivity (Wildman–Crippen MR) is 101 cm³/mol. The monoisotopic (exact) mass is 361 g/mol. The average molecular weight is 361 g/mol. The highest BCUT2D eigenvalue weighted by Crippen LogP contribution is 2.25. The Hall–Kier alpha value is -3.54. The fourth-order valence-electron chi connectivity index (χ4n) is 2.89. The van der Waals surface area contributed by atoms with Crippen LogP contribution in [0, 0.1) is 5.82 Å². The van der Waals surface area contributed by atoms with Gasteiger partial charge in [0.25, 0.3) is 0 Å². The van der Waals surface area contributed by atoms with Crippen molar-refractivity contribution in [1.82, 2.24) is 10.1 Å². The number of nitrogens with one attached hydrogen (secondary N) is 1. The Morgan fingerprint density at radius 2 is 1.89 bits per heavy atom. The molecule has 5 nitrogen and oxygen atoms in total. The first-order chi connectivity index (χ1) is 13.2. The summed E-state index contributed by atoms with van der Waals surface area (Å²) < 4.78 is 18.4. The smallest absolute Gasteiger partial charge is 0.224 e. The van der Waals surface area contributed by atoms with Crippen LogP contribution in [0.5, 0.6) is 0 Å². The number of nitrogens with zero attached hydrogens (tertiary/aromatic N) is 2. The van der Waals surface area contributed by atoms with E-state index >= 15 is 0 Å². The summed E-state index contributed by atoms with van der Waals surface area (Å²) in [5.74, 6) is 0.108. The number of halogens is 1. The summed E-state index contributed by atoms with van der Waals surface area (Å²) in [6, 6.07) is 15.6. The number of anilines is 1. The molecule has 0 aliphatic carbocycles. The van der Waals surface area contributed by atoms with Crippen LogP contribution in [-0.2, 0) is 11.2 Å². The van der Waals surface area contributed by atoms with Crippen LogP contribution in [0.1, 0.15) is 12.0 Å². The molecule has 0 radical (unpaired) electrons. The highest BCUT2D eigenvalue weighted by Gasteiger charge is 2.13. The van der Waals surface area contributed by atoms with Gasteiger partial charge in [0.2, 0.25) is 5.91 Å². The van der Waals surface area contributed by atoms with Crippen LogP contribution in [0.4, 0.5) is 10.1 Å². The first-order valence-electron chi connectivity index (χ1n) is 8.53. The zero-order chi connectivity index (χ0) is 18.6. The molecule has 0 bridgehead atoms. The van der Waals surface area contributed by atoms with Crippen molar-refractivity contribution in [3.8, 4) is 11.3 Å². The molecule has 6 heteroatoms. The Kier molecular flexibility index (Phi) is 4.61. The second-order valence-electron chi connectivity index (χ2n) is 6.15. The van der Waals surface area contributed by atoms with Crippen LogP contribution in [0.15, 0.2) is 71.5 Å². The van der Waals surface area contributed by atoms with Crippen molar-refractivity contribution in [1.29, 1.82) is 0 Å². The Morgan fingerprint density at radius 1 is 1.07 bits per heavy atom. The van der Waals surface area contributed by atoms with Gasteiger partial charge in [-0.15, -0.1) is 0 Å². The van der Waals surface area contributed by atoms with Gasteiger partial charge in [-0.25, -0.2) is 4.39 Å². The lowest BCUT2D eigenvalue weighted by Gasteiger charge is -2.06. The lowest BCUT2D eigenvalue weighted by molar-refractivity contribution is -0.116. The van der Waals surface area contributed by atoms with E-state index in [1.807, 2.05) is 30.3 Å². The van der Waals surface area contributed by atoms with Gasteiger partial charge in [0, 0.05) is 22.9 Å². The van der Waals surface area contributed by atoms with E-state index in [1.54, 1.807) is 24.5 Å². The summed E-state index contributed by atoms with van der Waals surface area (Å²) in [4.78, 5) is 16.6. The number of hydrogen-bond acceptors (Lipinski definition) is 4. The maximum atomic E-state index is 13.1. The van der Waals surface area contributed by atoms with Crippen molar-refractivity contribution in [3.63, 3.8) is 0 Å². The van der Waals surface area contributed by atoms with E-state index in [1.165, 1.54) is 12.1 Å². The Bertz CT molecular complexity index is 1090. The fraction of sp³-hybridized carbons (Fsp3) is 0.0952. The van der Waals surface area contributed by atoms with Gasteiger partial charge in [-0.3, -0.25) is 9.78 Å². The van der Waals surface area contributed by atoms with E-state index in [-0.39, 0.29) is 18.1 Å². The summed E-state index contributed by atoms with van der Waals surface area (Å²) >= 11 is 0. The number of fused-ring (bicyclic) bond motifs is 1. The van der Waals surface area contributed by atoms with Crippen LogP contribution < -0.4 is 5.32 Å². The maximum Gasteiger partial charge on any atom is 0.224 e. The van der Waals surface area contributed by atoms with Crippen LogP contribution in [0.25, 0.3) is 22.2 Å². The van der Waals surface area contributed by atoms with Crippen molar-refractivity contribution >= 4 is 22.5 Å². The molecular weight excluding hydrogens is 345 g/mol. The van der Waals surface area contributed by atoms with Crippen molar-refractivity contribution < 1.29 is 13.7 Å². The third-order valence-electron chi connectivity index (χ3n) is 4.25. The van der Waals surface area contributed by atoms with E-state index < -0.39 is 0 Å². The normalized spacial score (nSPS) is 10.9. The topological polar surface area (TPSA) is 68.0 Å². The third kappa shape index (κ3) is 3.84. The van der Waals surface area contributed by atoms with E-state index in [9.17, 15) is 9.18 Å². The van der Waals surface area contributed by atoms with E-state index in [0.29, 0.717) is 17.9 Å². The standard InChI is InChI=1S/C21H16FN3O2/c22-17-8-5-14(6-9-17)21-16(12-24-27-21)7-10-20(26)25-18-11-15-3-1-2-4-19(15)23-13-18/h1-6,8-9,11-13H,7,10H2,(H,25,26). The van der Waals surface area contributed by atoms with Gasteiger partial charge >= 0.3 is 0 Å². The van der Waals surface area contributed by atoms with E-state index in [2.05, 4.69) is 15.5 Å². The van der Waals surface area contributed by atoms with Crippen molar-refractivity contribution in [2.24, 2.45) is 0 Å². The molecule has 0 atom stereocenters. The first-order valence-corrected chi connectivity index (χ1v) is 8.53. The molecule has 0 aliphatic rings. The zero-order valence-electron chi connectivity index (χ0n) is 14.4. The number of benzene rings is 2. The number of carbonyl (C=O) groups is 1. The minimum absolute atomic E-state index is 0.127. The molecule has 2 heterocycles. The fourth-order valence-corrected chi connectivity index (χ4v) is 2.89. The highest BCUT2D eigenvalue weighted by molar-refractivity contribution is 5.93. The molecule has 4 rings (SSSR count). The highest BCUT2D eigenvalue weighted by atomic mass is 19.1. The first kappa shape index (κ1) is 16.9. The molecule has 1 N–H and O–H groups in total. The van der Waals surface area contributed by atoms with Gasteiger partial charge in [-0.05, 0) is 42.8 Å². The minimum atomic E-state index is -0.316. The predicted octanol–water partition coefficient (Wildman–Crippen LogP) is 4.60. The number of hydrogen-bond donors (Lipinski definition) is 1. The van der Waals surface area contributed by atoms with Gasteiger partial charge in [-0.2, -0.15) is 0 Å². The molecule has 134 valence electrons. The van der Waals surface area contributed by atoms with Crippen molar-refractivity contribution in [2.45, 2.75) is 12.8 Å². The van der Waals surface area contributed by atoms with Gasteiger partial charge in [0.05, 0.1) is 23.6 Å². The summed E-state index contributed by atoms with van der Waals surface area (Å²) in [6.45, 7) is 0. The second-order valence-corrected chi connectivity index (χ2v) is 6.15. The van der Waals surface area contributed by atoms with Crippen LogP contribution in [0.3, 0.4) is 0 Å². The van der Waals surface area contributed by atoms with Gasteiger partial charge in [0.15, 0.2) is 5.76 Å². The molecular formula is C21H16FN3O2. The zero-order valence-corrected chi connectivity index (χ0v) is 14.4. The van der Waals surface area contributed by atoms with Gasteiger partial charge in [-0.1, -0.05) is 23.4 Å². The summed E-state index contributed by atoms with van der Waals surface area (Å²) in [5, 5.41) is 7.63. The van der Waals surface area contributed by atoms with Crippen LogP contribution in [0.2, 0.25) is 0 Å². The molecule has 0 aliphatic heterocycles. The quantitative estimate of drug-likeness (QED) is 0.564. The van der Waals surface area contributed by atoms with Crippen LogP contribution >= 0.6 is 0 Å². The number of amides is 1. The number of aryl methyl sites for hydroxylation is 1. The Labute approximate surface area is 154 Å². The molecule has 2 aromatic heterocycles. The SMILES string of the molecule is O=C(CCc1cnoc1-c1ccc(F)cc1)Nc1cnc2ccccc2c1. The van der Waals surface area contributed by atoms with E-state index in [0.717, 1.165) is 22.0 Å². The summed E-state index contributed by atoms with van der Waals surface area (Å²) in [7, 11) is 0. The number of para-hydroxylation sites is 1. The molecule has 27 heavy (non-hydrogen) atoms. The maximum absolute atomic E-state index is 13.1. The van der Waals surface area contributed by atoms with E-state index in [4.69, 9.17) is 4.52 Å². The number of aromatic nitrogens is 2. The lowest BCUT2D eigenvalue weighted by Crippen LogP contribution is -2.12. The van der Waals surface area contributed by atoms with Gasteiger partial charge < -0.3 is 9.84 Å². The summed E-state index contributed by atoms with van der Waals surface area (Å²) in [5.41, 5.74) is 3.06. The molecule has 2 aromatic carbocycles. The number of carbonyl (C=O) groups excluding carboxylic acids is 1. The minimum Gasteiger partial charge on any atom is -0.356 e. The molecule has 0 spiro atoms. The molecule has 0 saturated heterocycles. The average Bonchev–Trinajstić information content (AvgIpc) is 3.15. The third-order valence-corrected chi connectivity index (χ3v) is 4.25. The molecule has 4 aromatic rings. The Morgan fingerprint density at radius 3 is 2.74 bits per heavy atom. The Balaban J connectivity index is 1.42. The largest absolute Gasteiger partial charge is 0.356 e. The van der Waals surface area contributed by atoms with Crippen molar-refractivity contribution in [2.75, 3.05) is 5.32 Å². The molecule has 0 fully saturated rings. The lowest BCUT2D eigenvalue weighted by atomic mass is 10.1.